The van der Waals surface area contributed by atoms with E-state index in [4.69, 9.17) is 0 Å². The summed E-state index contributed by atoms with van der Waals surface area (Å²) in [5.41, 5.74) is 1.37. The maximum Gasteiger partial charge on any atom is 0.274 e. The minimum absolute atomic E-state index is 0.0817. The number of hydrogen-bond acceptors (Lipinski definition) is 4. The molecule has 0 unspecified atom stereocenters. The Bertz CT molecular complexity index is 955. The summed E-state index contributed by atoms with van der Waals surface area (Å²) in [5, 5.41) is 5.30. The number of nitrogens with one attached hydrogen (secondary N) is 2. The zero-order valence-electron chi connectivity index (χ0n) is 14.2. The highest BCUT2D eigenvalue weighted by Gasteiger charge is 2.14. The van der Waals surface area contributed by atoms with Gasteiger partial charge in [-0.05, 0) is 43.7 Å². The zero-order valence-corrected chi connectivity index (χ0v) is 14.2. The molecule has 0 fully saturated rings. The van der Waals surface area contributed by atoms with E-state index < -0.39 is 17.5 Å². The molecule has 0 saturated heterocycles. The molecule has 0 saturated carbocycles. The molecule has 0 atom stereocenters. The fourth-order valence-electron chi connectivity index (χ4n) is 2.41. The predicted molar refractivity (Wildman–Crippen MR) is 95.5 cm³/mol. The van der Waals surface area contributed by atoms with E-state index in [2.05, 4.69) is 20.6 Å². The van der Waals surface area contributed by atoms with E-state index in [9.17, 15) is 13.6 Å². The number of aromatic nitrogens is 2. The smallest absolute Gasteiger partial charge is 0.274 e. The summed E-state index contributed by atoms with van der Waals surface area (Å²) < 4.78 is 27.6. The van der Waals surface area contributed by atoms with Crippen molar-refractivity contribution in [3.63, 3.8) is 0 Å². The minimum Gasteiger partial charge on any atom is -0.335 e. The van der Waals surface area contributed by atoms with Gasteiger partial charge in [-0.2, -0.15) is 0 Å². The van der Waals surface area contributed by atoms with Crippen LogP contribution in [0.25, 0.3) is 0 Å². The van der Waals surface area contributed by atoms with Gasteiger partial charge in [0.05, 0.1) is 0 Å². The van der Waals surface area contributed by atoms with Crippen LogP contribution in [0.3, 0.4) is 0 Å². The molecule has 0 radical (unpaired) electrons. The van der Waals surface area contributed by atoms with Crippen LogP contribution in [0, 0.1) is 25.5 Å². The van der Waals surface area contributed by atoms with E-state index >= 15 is 0 Å². The second-order valence-electron chi connectivity index (χ2n) is 5.73. The van der Waals surface area contributed by atoms with Gasteiger partial charge in [0.15, 0.2) is 0 Å². The summed E-state index contributed by atoms with van der Waals surface area (Å²) in [4.78, 5) is 20.6. The van der Waals surface area contributed by atoms with Crippen LogP contribution < -0.4 is 10.6 Å². The van der Waals surface area contributed by atoms with Crippen LogP contribution >= 0.6 is 0 Å². The van der Waals surface area contributed by atoms with Gasteiger partial charge in [0.1, 0.15) is 34.7 Å². The number of para-hydroxylation sites is 1. The first-order valence-corrected chi connectivity index (χ1v) is 7.87. The number of amides is 1. The molecule has 3 rings (SSSR count). The van der Waals surface area contributed by atoms with Gasteiger partial charge in [0.2, 0.25) is 0 Å². The van der Waals surface area contributed by atoms with Gasteiger partial charge in [-0.25, -0.2) is 18.7 Å². The maximum atomic E-state index is 13.8. The van der Waals surface area contributed by atoms with Crippen LogP contribution in [0.1, 0.15) is 21.9 Å². The average Bonchev–Trinajstić information content (AvgIpc) is 2.58. The number of anilines is 3. The molecular formula is C19H16F2N4O. The molecule has 0 aliphatic heterocycles. The van der Waals surface area contributed by atoms with Crippen molar-refractivity contribution in [2.24, 2.45) is 0 Å². The Kier molecular flexibility index (Phi) is 4.88. The second-order valence-corrected chi connectivity index (χ2v) is 5.73. The Hall–Kier alpha value is -3.35. The monoisotopic (exact) mass is 354 g/mol. The van der Waals surface area contributed by atoms with Crippen molar-refractivity contribution in [2.45, 2.75) is 13.8 Å². The quantitative estimate of drug-likeness (QED) is 0.730. The summed E-state index contributed by atoms with van der Waals surface area (Å²) in [5.74, 6) is -1.55. The Morgan fingerprint density at radius 1 is 0.962 bits per heavy atom. The first-order valence-electron chi connectivity index (χ1n) is 7.87. The summed E-state index contributed by atoms with van der Waals surface area (Å²) >= 11 is 0. The number of nitrogens with zero attached hydrogens (tertiary/aromatic N) is 2. The number of rotatable bonds is 4. The van der Waals surface area contributed by atoms with Crippen LogP contribution in [0.5, 0.6) is 0 Å². The number of aryl methyl sites for hydroxylation is 2. The van der Waals surface area contributed by atoms with Gasteiger partial charge in [0, 0.05) is 11.8 Å². The third-order valence-electron chi connectivity index (χ3n) is 3.56. The van der Waals surface area contributed by atoms with Gasteiger partial charge >= 0.3 is 0 Å². The summed E-state index contributed by atoms with van der Waals surface area (Å²) in [7, 11) is 0. The molecule has 7 heteroatoms. The topological polar surface area (TPSA) is 66.9 Å². The fraction of sp³-hybridized carbons (Fsp3) is 0.105. The average molecular weight is 354 g/mol. The van der Waals surface area contributed by atoms with Gasteiger partial charge < -0.3 is 10.6 Å². The molecule has 0 aliphatic rings. The highest BCUT2D eigenvalue weighted by molar-refractivity contribution is 6.03. The zero-order chi connectivity index (χ0) is 18.7. The lowest BCUT2D eigenvalue weighted by Gasteiger charge is -2.10. The lowest BCUT2D eigenvalue weighted by atomic mass is 10.2. The largest absolute Gasteiger partial charge is 0.335 e. The predicted octanol–water partition coefficient (Wildman–Crippen LogP) is 4.37. The first kappa shape index (κ1) is 17.5. The van der Waals surface area contributed by atoms with Crippen LogP contribution in [0.15, 0.2) is 48.5 Å². The maximum absolute atomic E-state index is 13.8. The highest BCUT2D eigenvalue weighted by Crippen LogP contribution is 2.22. The summed E-state index contributed by atoms with van der Waals surface area (Å²) in [6.07, 6.45) is 0. The van der Waals surface area contributed by atoms with Gasteiger partial charge in [-0.1, -0.05) is 18.2 Å². The van der Waals surface area contributed by atoms with Crippen LogP contribution in [-0.2, 0) is 0 Å². The molecular weight excluding hydrogens is 338 g/mol. The molecule has 1 heterocycles. The van der Waals surface area contributed by atoms with Crippen molar-refractivity contribution in [3.8, 4) is 0 Å². The van der Waals surface area contributed by atoms with Crippen LogP contribution in [-0.4, -0.2) is 15.9 Å². The molecule has 3 aromatic rings. The van der Waals surface area contributed by atoms with E-state index in [0.717, 1.165) is 17.7 Å². The number of benzene rings is 2. The highest BCUT2D eigenvalue weighted by atomic mass is 19.1. The van der Waals surface area contributed by atoms with E-state index in [-0.39, 0.29) is 17.2 Å². The van der Waals surface area contributed by atoms with Gasteiger partial charge in [-0.3, -0.25) is 4.79 Å². The molecule has 1 amide bonds. The number of hydrogen-bond donors (Lipinski definition) is 2. The lowest BCUT2D eigenvalue weighted by Crippen LogP contribution is -2.15. The van der Waals surface area contributed by atoms with Crippen LogP contribution in [0.4, 0.5) is 26.0 Å². The Morgan fingerprint density at radius 3 is 2.35 bits per heavy atom. The van der Waals surface area contributed by atoms with E-state index in [1.807, 2.05) is 25.1 Å². The van der Waals surface area contributed by atoms with E-state index in [1.165, 1.54) is 12.1 Å². The standard InChI is InChI=1S/C19H16F2N4O/c1-11-5-3-6-13(9-11)24-19(26)16-10-17(23-12(2)22-16)25-18-14(20)7-4-8-15(18)21/h3-10H,1-2H3,(H,24,26)(H,22,23,25). The number of halogens is 2. The van der Waals surface area contributed by atoms with Crippen molar-refractivity contribution >= 4 is 23.1 Å². The van der Waals surface area contributed by atoms with E-state index in [1.54, 1.807) is 13.0 Å². The molecule has 0 bridgehead atoms. The Morgan fingerprint density at radius 2 is 1.65 bits per heavy atom. The van der Waals surface area contributed by atoms with Gasteiger partial charge in [0.25, 0.3) is 5.91 Å². The summed E-state index contributed by atoms with van der Waals surface area (Å²) in [6.45, 7) is 3.50. The van der Waals surface area contributed by atoms with Crippen molar-refractivity contribution in [2.75, 3.05) is 10.6 Å². The first-order chi connectivity index (χ1) is 12.4. The molecule has 2 N–H and O–H groups in total. The fourth-order valence-corrected chi connectivity index (χ4v) is 2.41. The third kappa shape index (κ3) is 4.00. The minimum atomic E-state index is -0.757. The van der Waals surface area contributed by atoms with Gasteiger partial charge in [-0.15, -0.1) is 0 Å². The Balaban J connectivity index is 1.86. The second kappa shape index (κ2) is 7.26. The molecule has 1 aromatic heterocycles. The third-order valence-corrected chi connectivity index (χ3v) is 3.56. The number of carbonyl (C=O) groups is 1. The van der Waals surface area contributed by atoms with Crippen molar-refractivity contribution in [3.05, 3.63) is 77.2 Å². The SMILES string of the molecule is Cc1cccc(NC(=O)c2cc(Nc3c(F)cccc3F)nc(C)n2)c1. The molecule has 0 spiro atoms. The molecule has 5 nitrogen and oxygen atoms in total. The van der Waals surface area contributed by atoms with Crippen molar-refractivity contribution in [1.29, 1.82) is 0 Å². The number of carbonyl (C=O) groups excluding carboxylic acids is 1. The van der Waals surface area contributed by atoms with Crippen molar-refractivity contribution in [1.82, 2.24) is 9.97 Å². The van der Waals surface area contributed by atoms with Crippen molar-refractivity contribution < 1.29 is 13.6 Å². The normalized spacial score (nSPS) is 10.5. The van der Waals surface area contributed by atoms with E-state index in [0.29, 0.717) is 11.5 Å². The van der Waals surface area contributed by atoms with Crippen LogP contribution in [0.2, 0.25) is 0 Å². The lowest BCUT2D eigenvalue weighted by molar-refractivity contribution is 0.102. The summed E-state index contributed by atoms with van der Waals surface area (Å²) in [6, 6.07) is 12.2. The molecule has 132 valence electrons. The Labute approximate surface area is 149 Å². The molecule has 2 aromatic carbocycles. The molecule has 0 aliphatic carbocycles. The molecule has 26 heavy (non-hydrogen) atoms.